The van der Waals surface area contributed by atoms with Crippen molar-refractivity contribution in [2.75, 3.05) is 19.0 Å². The normalized spacial score (nSPS) is 12.6. The molecular formula is C10H13ClF3N3O. The zero-order valence-corrected chi connectivity index (χ0v) is 10.9. The van der Waals surface area contributed by atoms with Crippen molar-refractivity contribution in [3.05, 3.63) is 17.0 Å². The number of nitrogens with zero attached hydrogens (tertiary/aromatic N) is 2. The number of hydrogen-bond donors (Lipinski definition) is 1. The van der Waals surface area contributed by atoms with Gasteiger partial charge in [-0.15, -0.1) is 0 Å². The van der Waals surface area contributed by atoms with E-state index in [9.17, 15) is 13.2 Å². The summed E-state index contributed by atoms with van der Waals surface area (Å²) < 4.78 is 42.4. The van der Waals surface area contributed by atoms with Crippen LogP contribution in [0.3, 0.4) is 0 Å². The first-order chi connectivity index (χ1) is 8.14. The third kappa shape index (κ3) is 4.30. The molecule has 0 aliphatic heterocycles. The van der Waals surface area contributed by atoms with Gasteiger partial charge in [-0.3, -0.25) is 0 Å². The summed E-state index contributed by atoms with van der Waals surface area (Å²) in [5.74, 6) is -1.27. The average Bonchev–Trinajstić information content (AvgIpc) is 2.13. The smallest absolute Gasteiger partial charge is 0.382 e. The Morgan fingerprint density at radius 2 is 1.94 bits per heavy atom. The van der Waals surface area contributed by atoms with Crippen LogP contribution in [0.5, 0.6) is 0 Å². The highest BCUT2D eigenvalue weighted by molar-refractivity contribution is 6.29. The molecule has 0 atom stereocenters. The number of aromatic nitrogens is 2. The number of hydrogen-bond acceptors (Lipinski definition) is 4. The second-order valence-corrected chi connectivity index (χ2v) is 4.73. The highest BCUT2D eigenvalue weighted by Gasteiger charge is 2.35. The van der Waals surface area contributed by atoms with Crippen molar-refractivity contribution in [2.24, 2.45) is 0 Å². The number of anilines is 1. The molecule has 0 amide bonds. The average molecular weight is 284 g/mol. The van der Waals surface area contributed by atoms with E-state index < -0.39 is 17.5 Å². The zero-order valence-electron chi connectivity index (χ0n) is 10.1. The van der Waals surface area contributed by atoms with Crippen molar-refractivity contribution in [3.63, 3.8) is 0 Å². The molecule has 0 aromatic carbocycles. The molecule has 0 bridgehead atoms. The number of halogens is 4. The van der Waals surface area contributed by atoms with Gasteiger partial charge in [-0.1, -0.05) is 11.6 Å². The lowest BCUT2D eigenvalue weighted by Crippen LogP contribution is -2.36. The van der Waals surface area contributed by atoms with Crippen LogP contribution < -0.4 is 5.32 Å². The molecule has 0 fully saturated rings. The lowest BCUT2D eigenvalue weighted by Gasteiger charge is -2.26. The Hall–Kier alpha value is -1.08. The summed E-state index contributed by atoms with van der Waals surface area (Å²) >= 11 is 5.54. The maximum absolute atomic E-state index is 12.5. The molecule has 0 aliphatic carbocycles. The molecular weight excluding hydrogens is 271 g/mol. The fourth-order valence-electron chi connectivity index (χ4n) is 1.35. The molecule has 0 spiro atoms. The molecule has 102 valence electrons. The van der Waals surface area contributed by atoms with Gasteiger partial charge in [0.15, 0.2) is 0 Å². The molecule has 4 nitrogen and oxygen atoms in total. The Labute approximate surface area is 108 Å². The molecule has 0 radical (unpaired) electrons. The molecule has 1 aromatic rings. The van der Waals surface area contributed by atoms with Crippen LogP contribution in [0.15, 0.2) is 6.07 Å². The molecule has 8 heteroatoms. The Balaban J connectivity index is 3.00. The Kier molecular flexibility index (Phi) is 4.39. The van der Waals surface area contributed by atoms with E-state index in [1.807, 2.05) is 0 Å². The zero-order chi connectivity index (χ0) is 14.0. The molecule has 0 saturated heterocycles. The largest absolute Gasteiger partial charge is 0.451 e. The van der Waals surface area contributed by atoms with Crippen LogP contribution in [0.2, 0.25) is 5.15 Å². The van der Waals surface area contributed by atoms with Gasteiger partial charge in [0.05, 0.1) is 12.1 Å². The predicted molar refractivity (Wildman–Crippen MR) is 61.6 cm³/mol. The first-order valence-corrected chi connectivity index (χ1v) is 5.41. The summed E-state index contributed by atoms with van der Waals surface area (Å²) in [4.78, 5) is 6.52. The van der Waals surface area contributed by atoms with Gasteiger partial charge in [0.1, 0.15) is 11.0 Å². The number of rotatable bonds is 4. The Morgan fingerprint density at radius 1 is 1.33 bits per heavy atom. The summed E-state index contributed by atoms with van der Waals surface area (Å²) in [7, 11) is 1.50. The minimum atomic E-state index is -4.63. The van der Waals surface area contributed by atoms with Gasteiger partial charge < -0.3 is 10.1 Å². The first kappa shape index (κ1) is 15.0. The lowest BCUT2D eigenvalue weighted by atomic mass is 10.1. The molecule has 1 heterocycles. The highest BCUT2D eigenvalue weighted by Crippen LogP contribution is 2.28. The summed E-state index contributed by atoms with van der Waals surface area (Å²) in [6.45, 7) is 3.83. The van der Waals surface area contributed by atoms with Crippen LogP contribution >= 0.6 is 11.6 Å². The van der Waals surface area contributed by atoms with Crippen LogP contribution in [0.1, 0.15) is 19.7 Å². The third-order valence-electron chi connectivity index (χ3n) is 1.92. The van der Waals surface area contributed by atoms with Crippen LogP contribution in [-0.4, -0.2) is 29.2 Å². The van der Waals surface area contributed by atoms with Crippen molar-refractivity contribution in [2.45, 2.75) is 25.6 Å². The number of ether oxygens (including phenoxy) is 1. The SMILES string of the molecule is COCC(C)(C)Nc1cc(Cl)nc(C(F)(F)F)n1. The highest BCUT2D eigenvalue weighted by atomic mass is 35.5. The molecule has 1 N–H and O–H groups in total. The van der Waals surface area contributed by atoms with E-state index in [2.05, 4.69) is 15.3 Å². The van der Waals surface area contributed by atoms with Gasteiger partial charge in [-0.2, -0.15) is 13.2 Å². The lowest BCUT2D eigenvalue weighted by molar-refractivity contribution is -0.144. The standard InChI is InChI=1S/C10H13ClF3N3O/c1-9(2,5-18-3)17-7-4-6(11)15-8(16-7)10(12,13)14/h4H,5H2,1-3H3,(H,15,16,17). The van der Waals surface area contributed by atoms with E-state index in [0.717, 1.165) is 0 Å². The van der Waals surface area contributed by atoms with Crippen LogP contribution in [-0.2, 0) is 10.9 Å². The van der Waals surface area contributed by atoms with Crippen molar-refractivity contribution < 1.29 is 17.9 Å². The van der Waals surface area contributed by atoms with Gasteiger partial charge in [0.2, 0.25) is 5.82 Å². The fraction of sp³-hybridized carbons (Fsp3) is 0.600. The number of alkyl halides is 3. The minimum Gasteiger partial charge on any atom is -0.382 e. The minimum absolute atomic E-state index is 0.00405. The van der Waals surface area contributed by atoms with Crippen molar-refractivity contribution in [3.8, 4) is 0 Å². The van der Waals surface area contributed by atoms with Crippen molar-refractivity contribution in [1.82, 2.24) is 9.97 Å². The van der Waals surface area contributed by atoms with E-state index in [1.54, 1.807) is 13.8 Å². The van der Waals surface area contributed by atoms with Crippen molar-refractivity contribution >= 4 is 17.4 Å². The molecule has 18 heavy (non-hydrogen) atoms. The summed E-state index contributed by atoms with van der Waals surface area (Å²) in [6, 6.07) is 1.23. The summed E-state index contributed by atoms with van der Waals surface area (Å²) in [6.07, 6.45) is -4.63. The van der Waals surface area contributed by atoms with Crippen molar-refractivity contribution in [1.29, 1.82) is 0 Å². The van der Waals surface area contributed by atoms with E-state index in [4.69, 9.17) is 16.3 Å². The van der Waals surface area contributed by atoms with Crippen LogP contribution in [0.4, 0.5) is 19.0 Å². The quantitative estimate of drug-likeness (QED) is 0.863. The van der Waals surface area contributed by atoms with E-state index in [0.29, 0.717) is 6.61 Å². The number of nitrogens with one attached hydrogen (secondary N) is 1. The Bertz CT molecular complexity index is 423. The second-order valence-electron chi connectivity index (χ2n) is 4.34. The van der Waals surface area contributed by atoms with Crippen LogP contribution in [0, 0.1) is 0 Å². The third-order valence-corrected chi connectivity index (χ3v) is 2.11. The maximum Gasteiger partial charge on any atom is 0.451 e. The molecule has 0 unspecified atom stereocenters. The molecule has 1 aromatic heterocycles. The monoisotopic (exact) mass is 283 g/mol. The second kappa shape index (κ2) is 5.27. The van der Waals surface area contributed by atoms with Gasteiger partial charge >= 0.3 is 6.18 Å². The van der Waals surface area contributed by atoms with E-state index in [1.165, 1.54) is 13.2 Å². The molecule has 0 saturated carbocycles. The van der Waals surface area contributed by atoms with Gasteiger partial charge in [-0.25, -0.2) is 9.97 Å². The Morgan fingerprint density at radius 3 is 2.44 bits per heavy atom. The topological polar surface area (TPSA) is 47.0 Å². The molecule has 0 aliphatic rings. The number of methoxy groups -OCH3 is 1. The van der Waals surface area contributed by atoms with E-state index >= 15 is 0 Å². The summed E-state index contributed by atoms with van der Waals surface area (Å²) in [5.41, 5.74) is -0.574. The van der Waals surface area contributed by atoms with E-state index in [-0.39, 0.29) is 11.0 Å². The predicted octanol–water partition coefficient (Wildman–Crippen LogP) is 2.99. The van der Waals surface area contributed by atoms with Gasteiger partial charge in [0.25, 0.3) is 0 Å². The fourth-order valence-corrected chi connectivity index (χ4v) is 1.54. The van der Waals surface area contributed by atoms with Gasteiger partial charge in [0, 0.05) is 13.2 Å². The van der Waals surface area contributed by atoms with Crippen LogP contribution in [0.25, 0.3) is 0 Å². The maximum atomic E-state index is 12.5. The van der Waals surface area contributed by atoms with Gasteiger partial charge in [-0.05, 0) is 13.8 Å². The first-order valence-electron chi connectivity index (χ1n) is 5.03. The summed E-state index contributed by atoms with van der Waals surface area (Å²) in [5, 5.41) is 2.54. The molecule has 1 rings (SSSR count).